The van der Waals surface area contributed by atoms with E-state index in [1.165, 1.54) is 38.8 Å². The second-order valence-corrected chi connectivity index (χ2v) is 4.65. The maximum absolute atomic E-state index is 4.20. The standard InChI is InChI=1S/C11H23N5S/c1-3-5-7-15(8-6-4-2)9-10-16-11(17)12-13-14-16/h3-10H2,1-2H3,(H,12,14,17). The van der Waals surface area contributed by atoms with Gasteiger partial charge in [0, 0.05) is 6.54 Å². The molecule has 0 unspecified atom stereocenters. The molecule has 0 amide bonds. The second-order valence-electron chi connectivity index (χ2n) is 4.25. The van der Waals surface area contributed by atoms with Crippen LogP contribution in [0.1, 0.15) is 39.5 Å². The van der Waals surface area contributed by atoms with Gasteiger partial charge >= 0.3 is 0 Å². The van der Waals surface area contributed by atoms with Crippen LogP contribution in [0.4, 0.5) is 0 Å². The minimum Gasteiger partial charge on any atom is -0.301 e. The van der Waals surface area contributed by atoms with Gasteiger partial charge in [-0.25, -0.2) is 4.68 Å². The molecule has 1 aromatic rings. The van der Waals surface area contributed by atoms with Crippen LogP contribution in [-0.4, -0.2) is 44.7 Å². The van der Waals surface area contributed by atoms with Crippen molar-refractivity contribution in [2.45, 2.75) is 51.2 Å². The van der Waals surface area contributed by atoms with Crippen LogP contribution in [0.15, 0.2) is 5.16 Å². The van der Waals surface area contributed by atoms with Crippen LogP contribution >= 0.6 is 12.6 Å². The SMILES string of the molecule is CCCCN(CCCC)CCn1nnnc1S. The highest BCUT2D eigenvalue weighted by Gasteiger charge is 2.06. The quantitative estimate of drug-likeness (QED) is 0.686. The van der Waals surface area contributed by atoms with Crippen LogP contribution < -0.4 is 0 Å². The van der Waals surface area contributed by atoms with Gasteiger partial charge in [-0.1, -0.05) is 26.7 Å². The normalized spacial score (nSPS) is 11.3. The largest absolute Gasteiger partial charge is 0.301 e. The summed E-state index contributed by atoms with van der Waals surface area (Å²) >= 11 is 4.20. The molecule has 17 heavy (non-hydrogen) atoms. The molecule has 0 spiro atoms. The lowest BCUT2D eigenvalue weighted by Crippen LogP contribution is -2.30. The number of hydrogen-bond donors (Lipinski definition) is 1. The van der Waals surface area contributed by atoms with Gasteiger partial charge in [0.05, 0.1) is 6.54 Å². The Morgan fingerprint density at radius 1 is 1.12 bits per heavy atom. The third kappa shape index (κ3) is 5.50. The molecule has 1 heterocycles. The van der Waals surface area contributed by atoms with E-state index in [-0.39, 0.29) is 0 Å². The van der Waals surface area contributed by atoms with Gasteiger partial charge in [-0.05, 0) is 36.4 Å². The summed E-state index contributed by atoms with van der Waals surface area (Å²) in [6.45, 7) is 8.61. The van der Waals surface area contributed by atoms with E-state index in [9.17, 15) is 0 Å². The van der Waals surface area contributed by atoms with Crippen LogP contribution in [-0.2, 0) is 6.54 Å². The summed E-state index contributed by atoms with van der Waals surface area (Å²) in [5.74, 6) is 0. The van der Waals surface area contributed by atoms with Crippen molar-refractivity contribution in [1.82, 2.24) is 25.1 Å². The van der Waals surface area contributed by atoms with Crippen molar-refractivity contribution in [1.29, 1.82) is 0 Å². The van der Waals surface area contributed by atoms with Gasteiger partial charge in [0.1, 0.15) is 0 Å². The highest BCUT2D eigenvalue weighted by molar-refractivity contribution is 7.80. The van der Waals surface area contributed by atoms with E-state index in [1.54, 1.807) is 4.68 Å². The molecule has 0 aliphatic carbocycles. The van der Waals surface area contributed by atoms with Crippen molar-refractivity contribution >= 4 is 12.6 Å². The van der Waals surface area contributed by atoms with Crippen molar-refractivity contribution in [3.8, 4) is 0 Å². The lowest BCUT2D eigenvalue weighted by molar-refractivity contribution is 0.247. The van der Waals surface area contributed by atoms with Crippen LogP contribution in [0.25, 0.3) is 0 Å². The lowest BCUT2D eigenvalue weighted by atomic mass is 10.2. The number of tetrazole rings is 1. The van der Waals surface area contributed by atoms with E-state index in [0.717, 1.165) is 13.1 Å². The zero-order valence-corrected chi connectivity index (χ0v) is 11.7. The Labute approximate surface area is 109 Å². The summed E-state index contributed by atoms with van der Waals surface area (Å²) in [5.41, 5.74) is 0. The Kier molecular flexibility index (Phi) is 7.19. The third-order valence-electron chi connectivity index (χ3n) is 2.80. The minimum absolute atomic E-state index is 0.593. The first-order chi connectivity index (χ1) is 8.27. The van der Waals surface area contributed by atoms with Gasteiger partial charge < -0.3 is 4.90 Å². The smallest absolute Gasteiger partial charge is 0.206 e. The number of unbranched alkanes of at least 4 members (excludes halogenated alkanes) is 2. The van der Waals surface area contributed by atoms with Crippen molar-refractivity contribution in [3.63, 3.8) is 0 Å². The van der Waals surface area contributed by atoms with Crippen molar-refractivity contribution in [2.24, 2.45) is 0 Å². The maximum atomic E-state index is 4.20. The van der Waals surface area contributed by atoms with Gasteiger partial charge in [-0.2, -0.15) is 0 Å². The summed E-state index contributed by atoms with van der Waals surface area (Å²) in [6.07, 6.45) is 5.00. The molecule has 0 saturated carbocycles. The Morgan fingerprint density at radius 2 is 1.76 bits per heavy atom. The van der Waals surface area contributed by atoms with Gasteiger partial charge in [-0.3, -0.25) is 0 Å². The minimum atomic E-state index is 0.593. The van der Waals surface area contributed by atoms with Crippen LogP contribution in [0.3, 0.4) is 0 Å². The fraction of sp³-hybridized carbons (Fsp3) is 0.909. The highest BCUT2D eigenvalue weighted by atomic mass is 32.1. The van der Waals surface area contributed by atoms with Crippen molar-refractivity contribution < 1.29 is 0 Å². The van der Waals surface area contributed by atoms with Gasteiger partial charge in [0.25, 0.3) is 0 Å². The number of nitrogens with zero attached hydrogens (tertiary/aromatic N) is 5. The Bertz CT molecular complexity index is 294. The molecule has 1 rings (SSSR count). The second kappa shape index (κ2) is 8.47. The van der Waals surface area contributed by atoms with Crippen LogP contribution in [0, 0.1) is 0 Å². The van der Waals surface area contributed by atoms with E-state index in [0.29, 0.717) is 5.16 Å². The molecule has 0 bridgehead atoms. The molecule has 0 atom stereocenters. The topological polar surface area (TPSA) is 46.8 Å². The number of hydrogen-bond acceptors (Lipinski definition) is 5. The fourth-order valence-corrected chi connectivity index (χ4v) is 1.86. The molecule has 0 aliphatic rings. The third-order valence-corrected chi connectivity index (χ3v) is 3.12. The molecule has 0 aromatic carbocycles. The number of rotatable bonds is 9. The molecule has 0 fully saturated rings. The Hall–Kier alpha value is -0.620. The molecule has 6 heteroatoms. The van der Waals surface area contributed by atoms with E-state index >= 15 is 0 Å². The average Bonchev–Trinajstić information content (AvgIpc) is 2.74. The number of aromatic nitrogens is 4. The van der Waals surface area contributed by atoms with Gasteiger partial charge in [0.15, 0.2) is 0 Å². The molecule has 0 radical (unpaired) electrons. The molecule has 0 saturated heterocycles. The van der Waals surface area contributed by atoms with Crippen LogP contribution in [0.2, 0.25) is 0 Å². The predicted molar refractivity (Wildman–Crippen MR) is 71.3 cm³/mol. The molecule has 0 N–H and O–H groups in total. The van der Waals surface area contributed by atoms with Crippen LogP contribution in [0.5, 0.6) is 0 Å². The van der Waals surface area contributed by atoms with Gasteiger partial charge in [0.2, 0.25) is 5.16 Å². The highest BCUT2D eigenvalue weighted by Crippen LogP contribution is 2.02. The summed E-state index contributed by atoms with van der Waals surface area (Å²) in [7, 11) is 0. The molecular weight excluding hydrogens is 234 g/mol. The van der Waals surface area contributed by atoms with E-state index in [1.807, 2.05) is 0 Å². The maximum Gasteiger partial charge on any atom is 0.206 e. The molecule has 0 aliphatic heterocycles. The molecule has 98 valence electrons. The monoisotopic (exact) mass is 257 g/mol. The van der Waals surface area contributed by atoms with E-state index in [2.05, 4.69) is 46.9 Å². The van der Waals surface area contributed by atoms with E-state index < -0.39 is 0 Å². The zero-order valence-electron chi connectivity index (χ0n) is 10.8. The molecule has 5 nitrogen and oxygen atoms in total. The van der Waals surface area contributed by atoms with Crippen molar-refractivity contribution in [3.05, 3.63) is 0 Å². The summed E-state index contributed by atoms with van der Waals surface area (Å²) in [5, 5.41) is 11.9. The van der Waals surface area contributed by atoms with E-state index in [4.69, 9.17) is 0 Å². The number of thiol groups is 1. The zero-order chi connectivity index (χ0) is 12.5. The molecular formula is C11H23N5S. The fourth-order valence-electron chi connectivity index (χ4n) is 1.68. The lowest BCUT2D eigenvalue weighted by Gasteiger charge is -2.21. The average molecular weight is 257 g/mol. The Morgan fingerprint density at radius 3 is 2.24 bits per heavy atom. The van der Waals surface area contributed by atoms with Crippen molar-refractivity contribution in [2.75, 3.05) is 19.6 Å². The first-order valence-electron chi connectivity index (χ1n) is 6.45. The van der Waals surface area contributed by atoms with Gasteiger partial charge in [-0.15, -0.1) is 17.7 Å². The Balaban J connectivity index is 2.34. The first-order valence-corrected chi connectivity index (χ1v) is 6.90. The first kappa shape index (κ1) is 14.4. The molecule has 1 aromatic heterocycles. The summed E-state index contributed by atoms with van der Waals surface area (Å²) in [4.78, 5) is 2.49. The predicted octanol–water partition coefficient (Wildman–Crippen LogP) is 1.86. The summed E-state index contributed by atoms with van der Waals surface area (Å²) in [6, 6.07) is 0. The summed E-state index contributed by atoms with van der Waals surface area (Å²) < 4.78 is 1.74.